The van der Waals surface area contributed by atoms with Crippen LogP contribution in [0.15, 0.2) is 18.2 Å². The fraction of sp³-hybridized carbons (Fsp3) is 0.571. The molecule has 0 spiro atoms. The van der Waals surface area contributed by atoms with E-state index in [4.69, 9.17) is 0 Å². The molecular formula is C14H18F3N. The molecule has 1 aliphatic carbocycles. The average molecular weight is 257 g/mol. The highest BCUT2D eigenvalue weighted by atomic mass is 19.3. The van der Waals surface area contributed by atoms with Crippen LogP contribution >= 0.6 is 0 Å². The van der Waals surface area contributed by atoms with Crippen LogP contribution in [0.5, 0.6) is 0 Å². The fourth-order valence-corrected chi connectivity index (χ4v) is 2.55. The zero-order valence-corrected chi connectivity index (χ0v) is 10.5. The summed E-state index contributed by atoms with van der Waals surface area (Å²) in [6.07, 6.45) is 1.24. The van der Waals surface area contributed by atoms with E-state index in [2.05, 4.69) is 5.32 Å². The quantitative estimate of drug-likeness (QED) is 0.847. The topological polar surface area (TPSA) is 12.0 Å². The van der Waals surface area contributed by atoms with Crippen molar-refractivity contribution in [3.63, 3.8) is 0 Å². The lowest BCUT2D eigenvalue weighted by Crippen LogP contribution is -2.30. The van der Waals surface area contributed by atoms with Crippen molar-refractivity contribution in [1.82, 2.24) is 0 Å². The van der Waals surface area contributed by atoms with Gasteiger partial charge in [0, 0.05) is 19.4 Å². The van der Waals surface area contributed by atoms with Gasteiger partial charge in [-0.1, -0.05) is 12.1 Å². The van der Waals surface area contributed by atoms with Crippen molar-refractivity contribution in [1.29, 1.82) is 0 Å². The lowest BCUT2D eigenvalue weighted by Gasteiger charge is -2.29. The molecule has 1 aromatic carbocycles. The van der Waals surface area contributed by atoms with Crippen molar-refractivity contribution < 1.29 is 13.2 Å². The third-order valence-electron chi connectivity index (χ3n) is 3.53. The molecule has 0 radical (unpaired) electrons. The Kier molecular flexibility index (Phi) is 3.83. The van der Waals surface area contributed by atoms with Gasteiger partial charge in [0.1, 0.15) is 5.82 Å². The Bertz CT molecular complexity index is 397. The molecule has 4 heteroatoms. The molecule has 1 fully saturated rings. The van der Waals surface area contributed by atoms with Gasteiger partial charge in [-0.3, -0.25) is 0 Å². The van der Waals surface area contributed by atoms with Crippen LogP contribution in [0.4, 0.5) is 18.9 Å². The minimum atomic E-state index is -2.55. The van der Waals surface area contributed by atoms with Crippen molar-refractivity contribution in [2.75, 3.05) is 11.9 Å². The summed E-state index contributed by atoms with van der Waals surface area (Å²) in [5.74, 6) is -2.94. The maximum Gasteiger partial charge on any atom is 0.248 e. The number of halogens is 3. The van der Waals surface area contributed by atoms with Crippen LogP contribution in [-0.2, 0) is 0 Å². The largest absolute Gasteiger partial charge is 0.382 e. The van der Waals surface area contributed by atoms with E-state index in [0.29, 0.717) is 18.7 Å². The van der Waals surface area contributed by atoms with Gasteiger partial charge in [0.25, 0.3) is 0 Å². The van der Waals surface area contributed by atoms with Gasteiger partial charge in [0.15, 0.2) is 0 Å². The summed E-state index contributed by atoms with van der Waals surface area (Å²) in [6.45, 7) is 2.22. The molecule has 1 aliphatic rings. The molecule has 1 nitrogen and oxygen atoms in total. The number of hydrogen-bond donors (Lipinski definition) is 1. The van der Waals surface area contributed by atoms with E-state index in [1.54, 1.807) is 19.1 Å². The Hall–Kier alpha value is -1.19. The summed E-state index contributed by atoms with van der Waals surface area (Å²) in [6, 6.07) is 4.83. The van der Waals surface area contributed by atoms with E-state index in [9.17, 15) is 13.2 Å². The van der Waals surface area contributed by atoms with Crippen LogP contribution in [0, 0.1) is 18.7 Å². The van der Waals surface area contributed by atoms with Gasteiger partial charge in [-0.25, -0.2) is 13.2 Å². The Labute approximate surface area is 105 Å². The van der Waals surface area contributed by atoms with Gasteiger partial charge >= 0.3 is 0 Å². The minimum absolute atomic E-state index is 0.0117. The predicted molar refractivity (Wildman–Crippen MR) is 66.5 cm³/mol. The highest BCUT2D eigenvalue weighted by Gasteiger charge is 2.35. The molecule has 0 saturated heterocycles. The second-order valence-electron chi connectivity index (χ2n) is 5.13. The van der Waals surface area contributed by atoms with E-state index in [-0.39, 0.29) is 24.6 Å². The minimum Gasteiger partial charge on any atom is -0.382 e. The van der Waals surface area contributed by atoms with Crippen molar-refractivity contribution in [2.24, 2.45) is 5.92 Å². The summed E-state index contributed by atoms with van der Waals surface area (Å²) >= 11 is 0. The number of anilines is 1. The van der Waals surface area contributed by atoms with Gasteiger partial charge in [-0.15, -0.1) is 0 Å². The lowest BCUT2D eigenvalue weighted by molar-refractivity contribution is -0.0502. The van der Waals surface area contributed by atoms with Gasteiger partial charge in [-0.05, 0) is 37.3 Å². The number of alkyl halides is 2. The molecule has 0 heterocycles. The van der Waals surface area contributed by atoms with Gasteiger partial charge in [-0.2, -0.15) is 0 Å². The number of rotatable bonds is 3. The molecule has 0 amide bonds. The van der Waals surface area contributed by atoms with Crippen LogP contribution in [0.1, 0.15) is 31.2 Å². The number of para-hydroxylation sites is 1. The Balaban J connectivity index is 1.95. The molecule has 1 unspecified atom stereocenters. The van der Waals surface area contributed by atoms with Crippen LogP contribution in [0.25, 0.3) is 0 Å². The second kappa shape index (κ2) is 5.21. The molecule has 2 rings (SSSR count). The number of aryl methyl sites for hydroxylation is 1. The first-order chi connectivity index (χ1) is 8.48. The Morgan fingerprint density at radius 3 is 2.83 bits per heavy atom. The number of benzene rings is 1. The van der Waals surface area contributed by atoms with E-state index >= 15 is 0 Å². The molecule has 18 heavy (non-hydrogen) atoms. The van der Waals surface area contributed by atoms with Gasteiger partial charge in [0.2, 0.25) is 5.92 Å². The van der Waals surface area contributed by atoms with Crippen molar-refractivity contribution in [2.45, 2.75) is 38.5 Å². The molecule has 1 atom stereocenters. The summed E-state index contributed by atoms with van der Waals surface area (Å²) in [4.78, 5) is 0. The van der Waals surface area contributed by atoms with Gasteiger partial charge < -0.3 is 5.32 Å². The van der Waals surface area contributed by atoms with E-state index in [1.165, 1.54) is 6.07 Å². The third kappa shape index (κ3) is 3.18. The molecule has 1 saturated carbocycles. The third-order valence-corrected chi connectivity index (χ3v) is 3.53. The zero-order valence-electron chi connectivity index (χ0n) is 10.5. The molecular weight excluding hydrogens is 239 g/mol. The summed E-state index contributed by atoms with van der Waals surface area (Å²) in [5.41, 5.74) is 1.24. The van der Waals surface area contributed by atoms with E-state index < -0.39 is 5.92 Å². The number of hydrogen-bond acceptors (Lipinski definition) is 1. The zero-order chi connectivity index (χ0) is 13.2. The Morgan fingerprint density at radius 1 is 1.39 bits per heavy atom. The van der Waals surface area contributed by atoms with Gasteiger partial charge in [0.05, 0.1) is 5.69 Å². The first kappa shape index (κ1) is 13.2. The van der Waals surface area contributed by atoms with Crippen molar-refractivity contribution >= 4 is 5.69 Å². The molecule has 0 aliphatic heterocycles. The Morgan fingerprint density at radius 2 is 2.17 bits per heavy atom. The van der Waals surface area contributed by atoms with Crippen molar-refractivity contribution in [3.05, 3.63) is 29.6 Å². The SMILES string of the molecule is Cc1cccc(F)c1NCC1CCCC(F)(F)C1. The predicted octanol–water partition coefficient (Wildman–Crippen LogP) is 4.37. The first-order valence-electron chi connectivity index (χ1n) is 6.35. The van der Waals surface area contributed by atoms with E-state index in [0.717, 1.165) is 12.0 Å². The van der Waals surface area contributed by atoms with Crippen LogP contribution in [0.2, 0.25) is 0 Å². The molecule has 1 aromatic rings. The molecule has 100 valence electrons. The monoisotopic (exact) mass is 257 g/mol. The first-order valence-corrected chi connectivity index (χ1v) is 6.35. The standard InChI is InChI=1S/C14H18F3N/c1-10-4-2-6-12(15)13(10)18-9-11-5-3-7-14(16,17)8-11/h2,4,6,11,18H,3,5,7-9H2,1H3. The molecule has 0 bridgehead atoms. The van der Waals surface area contributed by atoms with E-state index in [1.807, 2.05) is 0 Å². The average Bonchev–Trinajstić information content (AvgIpc) is 2.27. The fourth-order valence-electron chi connectivity index (χ4n) is 2.55. The maximum absolute atomic E-state index is 13.5. The number of nitrogens with one attached hydrogen (secondary N) is 1. The van der Waals surface area contributed by atoms with Crippen LogP contribution in [0.3, 0.4) is 0 Å². The second-order valence-corrected chi connectivity index (χ2v) is 5.13. The summed E-state index contributed by atoms with van der Waals surface area (Å²) in [5, 5.41) is 2.98. The van der Waals surface area contributed by atoms with Crippen LogP contribution < -0.4 is 5.32 Å². The highest BCUT2D eigenvalue weighted by molar-refractivity contribution is 5.51. The molecule has 0 aromatic heterocycles. The maximum atomic E-state index is 13.5. The van der Waals surface area contributed by atoms with Crippen LogP contribution in [-0.4, -0.2) is 12.5 Å². The normalized spacial score (nSPS) is 22.8. The highest BCUT2D eigenvalue weighted by Crippen LogP contribution is 2.36. The molecule has 1 N–H and O–H groups in total. The summed E-state index contributed by atoms with van der Waals surface area (Å²) in [7, 11) is 0. The smallest absolute Gasteiger partial charge is 0.248 e. The lowest BCUT2D eigenvalue weighted by atomic mass is 9.86. The van der Waals surface area contributed by atoms with Crippen molar-refractivity contribution in [3.8, 4) is 0 Å². The summed E-state index contributed by atoms with van der Waals surface area (Å²) < 4.78 is 40.0.